The Labute approximate surface area is 120 Å². The van der Waals surface area contributed by atoms with Crippen LogP contribution in [0.2, 0.25) is 0 Å². The van der Waals surface area contributed by atoms with E-state index in [1.807, 2.05) is 12.1 Å². The van der Waals surface area contributed by atoms with Crippen molar-refractivity contribution in [2.24, 2.45) is 5.92 Å². The van der Waals surface area contributed by atoms with Crippen LogP contribution in [-0.2, 0) is 4.79 Å². The van der Waals surface area contributed by atoms with Crippen molar-refractivity contribution in [2.45, 2.75) is 26.7 Å². The van der Waals surface area contributed by atoms with Crippen LogP contribution in [-0.4, -0.2) is 42.2 Å². The highest BCUT2D eigenvalue weighted by molar-refractivity contribution is 5.70. The average molecular weight is 277 g/mol. The molecule has 4 heteroatoms. The summed E-state index contributed by atoms with van der Waals surface area (Å²) in [4.78, 5) is 13.2. The number of hydrogen-bond donors (Lipinski definition) is 1. The van der Waals surface area contributed by atoms with E-state index >= 15 is 0 Å². The van der Waals surface area contributed by atoms with Gasteiger partial charge in [-0.05, 0) is 63.0 Å². The third kappa shape index (κ3) is 4.23. The minimum absolute atomic E-state index is 0.161. The maximum atomic E-state index is 10.9. The lowest BCUT2D eigenvalue weighted by Crippen LogP contribution is -2.38. The number of ether oxygens (including phenoxy) is 1. The average Bonchev–Trinajstić information content (AvgIpc) is 2.38. The molecule has 0 spiro atoms. The van der Waals surface area contributed by atoms with Gasteiger partial charge < -0.3 is 9.84 Å². The standard InChI is InChI=1S/C16H23NO3/c1-12-9-13(2)11-15(10-12)20-8-7-17-5-3-14(4-6-17)16(18)19/h9-11,14H,3-8H2,1-2H3,(H,18,19). The monoisotopic (exact) mass is 277 g/mol. The van der Waals surface area contributed by atoms with Crippen LogP contribution in [0.15, 0.2) is 18.2 Å². The van der Waals surface area contributed by atoms with Gasteiger partial charge in [0.1, 0.15) is 12.4 Å². The van der Waals surface area contributed by atoms with Crippen LogP contribution >= 0.6 is 0 Å². The summed E-state index contributed by atoms with van der Waals surface area (Å²) in [7, 11) is 0. The fourth-order valence-electron chi connectivity index (χ4n) is 2.71. The molecule has 0 aromatic heterocycles. The van der Waals surface area contributed by atoms with Crippen molar-refractivity contribution in [3.05, 3.63) is 29.3 Å². The molecule has 0 atom stereocenters. The van der Waals surface area contributed by atoms with Crippen LogP contribution in [0.5, 0.6) is 5.75 Å². The van der Waals surface area contributed by atoms with E-state index in [0.717, 1.165) is 38.2 Å². The first kappa shape index (κ1) is 14.9. The SMILES string of the molecule is Cc1cc(C)cc(OCCN2CCC(C(=O)O)CC2)c1. The molecule has 1 saturated heterocycles. The minimum atomic E-state index is -0.656. The molecule has 1 aliphatic rings. The van der Waals surface area contributed by atoms with E-state index in [-0.39, 0.29) is 5.92 Å². The molecule has 0 radical (unpaired) electrons. The smallest absolute Gasteiger partial charge is 0.306 e. The summed E-state index contributed by atoms with van der Waals surface area (Å²) in [5.74, 6) is 0.102. The summed E-state index contributed by atoms with van der Waals surface area (Å²) in [6.45, 7) is 7.35. The number of carboxylic acid groups (broad SMARTS) is 1. The molecule has 4 nitrogen and oxygen atoms in total. The molecule has 1 aromatic rings. The normalized spacial score (nSPS) is 17.1. The van der Waals surface area contributed by atoms with E-state index in [1.54, 1.807) is 0 Å². The predicted molar refractivity (Wildman–Crippen MR) is 78.2 cm³/mol. The van der Waals surface area contributed by atoms with Gasteiger partial charge in [-0.25, -0.2) is 0 Å². The highest BCUT2D eigenvalue weighted by Gasteiger charge is 2.23. The van der Waals surface area contributed by atoms with Gasteiger partial charge in [0, 0.05) is 6.54 Å². The molecule has 0 unspecified atom stereocenters. The Morgan fingerprint density at radius 3 is 2.40 bits per heavy atom. The number of nitrogens with zero attached hydrogens (tertiary/aromatic N) is 1. The number of likely N-dealkylation sites (tertiary alicyclic amines) is 1. The summed E-state index contributed by atoms with van der Waals surface area (Å²) < 4.78 is 5.79. The van der Waals surface area contributed by atoms with Crippen molar-refractivity contribution in [2.75, 3.05) is 26.2 Å². The van der Waals surface area contributed by atoms with Crippen molar-refractivity contribution >= 4 is 5.97 Å². The lowest BCUT2D eigenvalue weighted by molar-refractivity contribution is -0.143. The lowest BCUT2D eigenvalue weighted by Gasteiger charge is -2.29. The van der Waals surface area contributed by atoms with Crippen molar-refractivity contribution in [1.82, 2.24) is 4.90 Å². The van der Waals surface area contributed by atoms with Crippen LogP contribution in [0.3, 0.4) is 0 Å². The molecular weight excluding hydrogens is 254 g/mol. The number of carbonyl (C=O) groups is 1. The van der Waals surface area contributed by atoms with Crippen LogP contribution in [0.25, 0.3) is 0 Å². The van der Waals surface area contributed by atoms with E-state index in [4.69, 9.17) is 9.84 Å². The fraction of sp³-hybridized carbons (Fsp3) is 0.562. The number of rotatable bonds is 5. The first-order chi connectivity index (χ1) is 9.54. The molecule has 1 aliphatic heterocycles. The number of carboxylic acids is 1. The molecule has 1 fully saturated rings. The molecule has 1 heterocycles. The second kappa shape index (κ2) is 6.75. The van der Waals surface area contributed by atoms with Crippen LogP contribution in [0, 0.1) is 19.8 Å². The second-order valence-corrected chi connectivity index (χ2v) is 5.63. The Balaban J connectivity index is 1.73. The van der Waals surface area contributed by atoms with Gasteiger partial charge in [0.25, 0.3) is 0 Å². The Morgan fingerprint density at radius 1 is 1.25 bits per heavy atom. The van der Waals surface area contributed by atoms with Gasteiger partial charge in [0.2, 0.25) is 0 Å². The summed E-state index contributed by atoms with van der Waals surface area (Å²) in [6.07, 6.45) is 1.50. The number of hydrogen-bond acceptors (Lipinski definition) is 3. The molecule has 0 aliphatic carbocycles. The number of piperidine rings is 1. The van der Waals surface area contributed by atoms with Crippen molar-refractivity contribution in [1.29, 1.82) is 0 Å². The number of aliphatic carboxylic acids is 1. The van der Waals surface area contributed by atoms with Gasteiger partial charge in [-0.15, -0.1) is 0 Å². The zero-order valence-electron chi connectivity index (χ0n) is 12.3. The lowest BCUT2D eigenvalue weighted by atomic mass is 9.97. The topological polar surface area (TPSA) is 49.8 Å². The van der Waals surface area contributed by atoms with E-state index in [0.29, 0.717) is 6.61 Å². The van der Waals surface area contributed by atoms with Gasteiger partial charge in [0.15, 0.2) is 0 Å². The molecule has 1 aromatic carbocycles. The van der Waals surface area contributed by atoms with E-state index < -0.39 is 5.97 Å². The summed E-state index contributed by atoms with van der Waals surface area (Å²) >= 11 is 0. The Hall–Kier alpha value is -1.55. The molecule has 20 heavy (non-hydrogen) atoms. The number of aryl methyl sites for hydroxylation is 2. The van der Waals surface area contributed by atoms with Crippen molar-refractivity contribution < 1.29 is 14.6 Å². The maximum absolute atomic E-state index is 10.9. The van der Waals surface area contributed by atoms with E-state index in [1.165, 1.54) is 11.1 Å². The zero-order chi connectivity index (χ0) is 14.5. The van der Waals surface area contributed by atoms with Gasteiger partial charge in [0.05, 0.1) is 5.92 Å². The summed E-state index contributed by atoms with van der Waals surface area (Å²) in [5, 5.41) is 8.96. The fourth-order valence-corrected chi connectivity index (χ4v) is 2.71. The van der Waals surface area contributed by atoms with Gasteiger partial charge in [-0.3, -0.25) is 9.69 Å². The van der Waals surface area contributed by atoms with Crippen molar-refractivity contribution in [3.8, 4) is 5.75 Å². The Morgan fingerprint density at radius 2 is 1.85 bits per heavy atom. The summed E-state index contributed by atoms with van der Waals surface area (Å²) in [5.41, 5.74) is 2.42. The molecular formula is C16H23NO3. The Bertz CT molecular complexity index is 445. The summed E-state index contributed by atoms with van der Waals surface area (Å²) in [6, 6.07) is 6.22. The molecule has 0 bridgehead atoms. The molecule has 0 amide bonds. The zero-order valence-corrected chi connectivity index (χ0v) is 12.3. The van der Waals surface area contributed by atoms with E-state index in [9.17, 15) is 4.79 Å². The predicted octanol–water partition coefficient (Wildman–Crippen LogP) is 2.48. The minimum Gasteiger partial charge on any atom is -0.492 e. The van der Waals surface area contributed by atoms with E-state index in [2.05, 4.69) is 24.8 Å². The second-order valence-electron chi connectivity index (χ2n) is 5.63. The van der Waals surface area contributed by atoms with Crippen molar-refractivity contribution in [3.63, 3.8) is 0 Å². The quantitative estimate of drug-likeness (QED) is 0.898. The van der Waals surface area contributed by atoms with Crippen LogP contribution in [0.4, 0.5) is 0 Å². The first-order valence-corrected chi connectivity index (χ1v) is 7.21. The van der Waals surface area contributed by atoms with Gasteiger partial charge in [-0.1, -0.05) is 6.07 Å². The van der Waals surface area contributed by atoms with Crippen LogP contribution < -0.4 is 4.74 Å². The maximum Gasteiger partial charge on any atom is 0.306 e. The largest absolute Gasteiger partial charge is 0.492 e. The van der Waals surface area contributed by atoms with Gasteiger partial charge in [-0.2, -0.15) is 0 Å². The molecule has 2 rings (SSSR count). The molecule has 110 valence electrons. The van der Waals surface area contributed by atoms with Gasteiger partial charge >= 0.3 is 5.97 Å². The third-order valence-electron chi connectivity index (χ3n) is 3.81. The number of benzene rings is 1. The Kier molecular flexibility index (Phi) is 5.01. The third-order valence-corrected chi connectivity index (χ3v) is 3.81. The molecule has 1 N–H and O–H groups in total. The van der Waals surface area contributed by atoms with Crippen LogP contribution in [0.1, 0.15) is 24.0 Å². The first-order valence-electron chi connectivity index (χ1n) is 7.21. The molecule has 0 saturated carbocycles. The highest BCUT2D eigenvalue weighted by Crippen LogP contribution is 2.18. The highest BCUT2D eigenvalue weighted by atomic mass is 16.5.